The third kappa shape index (κ3) is 2.39. The van der Waals surface area contributed by atoms with Crippen molar-refractivity contribution in [2.45, 2.75) is 29.7 Å². The summed E-state index contributed by atoms with van der Waals surface area (Å²) in [6.07, 6.45) is -0.927. The van der Waals surface area contributed by atoms with E-state index in [2.05, 4.69) is 15.0 Å². The summed E-state index contributed by atoms with van der Waals surface area (Å²) in [4.78, 5) is 12.5. The van der Waals surface area contributed by atoms with Gasteiger partial charge in [0.05, 0.1) is 12.9 Å². The van der Waals surface area contributed by atoms with Gasteiger partial charge in [-0.2, -0.15) is 0 Å². The average molecular weight is 333 g/mol. The molecule has 1 fully saturated rings. The molecule has 8 nitrogen and oxygen atoms in total. The van der Waals surface area contributed by atoms with E-state index >= 15 is 0 Å². The van der Waals surface area contributed by atoms with Crippen LogP contribution in [0.15, 0.2) is 11.5 Å². The van der Waals surface area contributed by atoms with Crippen molar-refractivity contribution in [3.05, 3.63) is 11.5 Å². The van der Waals surface area contributed by atoms with Crippen molar-refractivity contribution >= 4 is 34.5 Å². The second kappa shape index (κ2) is 5.67. The van der Waals surface area contributed by atoms with Crippen LogP contribution in [0.4, 0.5) is 0 Å². The number of imidazole rings is 1. The van der Waals surface area contributed by atoms with E-state index < -0.39 is 31.1 Å². The molecule has 3 N–H and O–H groups in total. The lowest BCUT2D eigenvalue weighted by Crippen LogP contribution is -2.33. The summed E-state index contributed by atoms with van der Waals surface area (Å²) in [6.45, 7) is -0.396. The van der Waals surface area contributed by atoms with E-state index in [-0.39, 0.29) is 5.15 Å². The molecule has 0 amide bonds. The average Bonchev–Trinajstić information content (AvgIpc) is 3.02. The zero-order valence-corrected chi connectivity index (χ0v) is 12.5. The van der Waals surface area contributed by atoms with Gasteiger partial charge in [-0.3, -0.25) is 4.57 Å². The van der Waals surface area contributed by atoms with E-state index in [9.17, 15) is 10.2 Å². The number of thioether (sulfide) groups is 1. The van der Waals surface area contributed by atoms with Gasteiger partial charge in [0.15, 0.2) is 22.2 Å². The summed E-state index contributed by atoms with van der Waals surface area (Å²) < 4.78 is 6.94. The fourth-order valence-electron chi connectivity index (χ4n) is 2.25. The van der Waals surface area contributed by atoms with Gasteiger partial charge in [0, 0.05) is 0 Å². The Morgan fingerprint density at radius 1 is 1.38 bits per heavy atom. The molecule has 21 heavy (non-hydrogen) atoms. The third-order valence-corrected chi connectivity index (χ3v) is 4.14. The number of aromatic nitrogens is 4. The van der Waals surface area contributed by atoms with Gasteiger partial charge in [0.2, 0.25) is 0 Å². The lowest BCUT2D eigenvalue weighted by Gasteiger charge is -2.16. The minimum absolute atomic E-state index is 0.204. The number of fused-ring (bicyclic) bond motifs is 1. The lowest BCUT2D eigenvalue weighted by atomic mass is 10.1. The van der Waals surface area contributed by atoms with E-state index in [1.54, 1.807) is 0 Å². The van der Waals surface area contributed by atoms with Crippen molar-refractivity contribution < 1.29 is 20.1 Å². The van der Waals surface area contributed by atoms with Crippen LogP contribution in [0.1, 0.15) is 6.23 Å². The normalized spacial score (nSPS) is 29.4. The number of hydrogen-bond acceptors (Lipinski definition) is 8. The lowest BCUT2D eigenvalue weighted by molar-refractivity contribution is -0.0511. The highest BCUT2D eigenvalue weighted by Gasteiger charge is 2.44. The van der Waals surface area contributed by atoms with Gasteiger partial charge in [0.1, 0.15) is 23.8 Å². The molecule has 0 aliphatic carbocycles. The summed E-state index contributed by atoms with van der Waals surface area (Å²) in [5.74, 6) is 0. The minimum atomic E-state index is -1.20. The van der Waals surface area contributed by atoms with E-state index in [4.69, 9.17) is 21.4 Å². The Morgan fingerprint density at radius 3 is 2.76 bits per heavy atom. The Morgan fingerprint density at radius 2 is 2.14 bits per heavy atom. The van der Waals surface area contributed by atoms with E-state index in [1.807, 2.05) is 6.26 Å². The van der Waals surface area contributed by atoms with Crippen LogP contribution in [-0.2, 0) is 4.74 Å². The van der Waals surface area contributed by atoms with Crippen LogP contribution in [0.2, 0.25) is 5.15 Å². The fraction of sp³-hybridized carbons (Fsp3) is 0.545. The van der Waals surface area contributed by atoms with Crippen LogP contribution >= 0.6 is 23.4 Å². The van der Waals surface area contributed by atoms with Crippen LogP contribution in [0.25, 0.3) is 11.2 Å². The monoisotopic (exact) mass is 332 g/mol. The van der Waals surface area contributed by atoms with Gasteiger partial charge in [-0.1, -0.05) is 23.4 Å². The van der Waals surface area contributed by atoms with Crippen LogP contribution < -0.4 is 0 Å². The highest BCUT2D eigenvalue weighted by molar-refractivity contribution is 7.98. The summed E-state index contributed by atoms with van der Waals surface area (Å²) in [5.41, 5.74) is 0.779. The van der Waals surface area contributed by atoms with Crippen LogP contribution in [0.3, 0.4) is 0 Å². The first-order valence-electron chi connectivity index (χ1n) is 6.13. The molecule has 3 rings (SSSR count). The van der Waals surface area contributed by atoms with Gasteiger partial charge in [-0.15, -0.1) is 0 Å². The second-order valence-corrected chi connectivity index (χ2v) is 5.69. The van der Waals surface area contributed by atoms with Crippen LogP contribution in [0.5, 0.6) is 0 Å². The SMILES string of the molecule is CSc1nc(Cl)c2ncn(C3OC(CO)C(O)C3O)c2n1. The van der Waals surface area contributed by atoms with Gasteiger partial charge in [0.25, 0.3) is 0 Å². The fourth-order valence-corrected chi connectivity index (χ4v) is 2.87. The molecule has 1 saturated heterocycles. The van der Waals surface area contributed by atoms with Gasteiger partial charge >= 0.3 is 0 Å². The molecule has 4 unspecified atom stereocenters. The minimum Gasteiger partial charge on any atom is -0.394 e. The molecule has 4 atom stereocenters. The Balaban J connectivity index is 2.07. The standard InChI is InChI=1S/C11H13ClN4O4S/c1-21-11-14-8(12)5-9(15-11)16(3-13-5)10-7(19)6(18)4(2-17)20-10/h3-4,6-7,10,17-19H,2H2,1H3. The van der Waals surface area contributed by atoms with Gasteiger partial charge < -0.3 is 20.1 Å². The molecule has 1 aliphatic heterocycles. The summed E-state index contributed by atoms with van der Waals surface area (Å²) >= 11 is 7.37. The first-order valence-corrected chi connectivity index (χ1v) is 7.73. The number of nitrogens with zero attached hydrogens (tertiary/aromatic N) is 4. The molecule has 10 heteroatoms. The number of rotatable bonds is 3. The van der Waals surface area contributed by atoms with Gasteiger partial charge in [-0.25, -0.2) is 15.0 Å². The molecule has 0 bridgehead atoms. The number of halogens is 1. The Bertz CT molecular complexity index is 669. The maximum absolute atomic E-state index is 10.1. The number of hydrogen-bond donors (Lipinski definition) is 3. The van der Waals surface area contributed by atoms with Crippen molar-refractivity contribution in [3.63, 3.8) is 0 Å². The number of ether oxygens (including phenoxy) is 1. The van der Waals surface area contributed by atoms with Gasteiger partial charge in [-0.05, 0) is 6.26 Å². The highest BCUT2D eigenvalue weighted by atomic mass is 35.5. The summed E-state index contributed by atoms with van der Waals surface area (Å²) in [6, 6.07) is 0. The molecule has 0 spiro atoms. The van der Waals surface area contributed by atoms with Crippen molar-refractivity contribution in [2.75, 3.05) is 12.9 Å². The Hall–Kier alpha value is -0.970. The first kappa shape index (κ1) is 14.9. The quantitative estimate of drug-likeness (QED) is 0.403. The first-order chi connectivity index (χ1) is 10.1. The molecule has 114 valence electrons. The van der Waals surface area contributed by atoms with Crippen LogP contribution in [0, 0.1) is 0 Å². The molecule has 2 aromatic rings. The van der Waals surface area contributed by atoms with Crippen molar-refractivity contribution in [2.24, 2.45) is 0 Å². The summed E-state index contributed by atoms with van der Waals surface area (Å²) in [7, 11) is 0. The third-order valence-electron chi connectivity index (χ3n) is 3.33. The Labute approximate surface area is 128 Å². The second-order valence-electron chi connectivity index (χ2n) is 4.55. The maximum Gasteiger partial charge on any atom is 0.190 e. The molecular formula is C11H13ClN4O4S. The summed E-state index contributed by atoms with van der Waals surface area (Å²) in [5, 5.41) is 29.7. The Kier molecular flexibility index (Phi) is 4.04. The van der Waals surface area contributed by atoms with E-state index in [0.29, 0.717) is 16.3 Å². The van der Waals surface area contributed by atoms with Crippen molar-refractivity contribution in [1.82, 2.24) is 19.5 Å². The van der Waals surface area contributed by atoms with E-state index in [1.165, 1.54) is 22.7 Å². The molecule has 2 aromatic heterocycles. The zero-order valence-electron chi connectivity index (χ0n) is 10.9. The topological polar surface area (TPSA) is 114 Å². The van der Waals surface area contributed by atoms with Crippen molar-refractivity contribution in [3.8, 4) is 0 Å². The maximum atomic E-state index is 10.1. The molecular weight excluding hydrogens is 320 g/mol. The highest BCUT2D eigenvalue weighted by Crippen LogP contribution is 2.32. The number of aliphatic hydroxyl groups excluding tert-OH is 3. The predicted molar refractivity (Wildman–Crippen MR) is 75.1 cm³/mol. The van der Waals surface area contributed by atoms with E-state index in [0.717, 1.165) is 0 Å². The van der Waals surface area contributed by atoms with Crippen LogP contribution in [-0.4, -0.2) is 66.0 Å². The smallest absolute Gasteiger partial charge is 0.190 e. The zero-order chi connectivity index (χ0) is 15.1. The predicted octanol–water partition coefficient (Wildman–Crippen LogP) is -0.187. The molecule has 0 aromatic carbocycles. The number of aliphatic hydroxyl groups is 3. The van der Waals surface area contributed by atoms with Crippen molar-refractivity contribution in [1.29, 1.82) is 0 Å². The molecule has 3 heterocycles. The molecule has 1 aliphatic rings. The molecule has 0 radical (unpaired) electrons. The largest absolute Gasteiger partial charge is 0.394 e. The molecule has 0 saturated carbocycles.